The Balaban J connectivity index is 2.04. The van der Waals surface area contributed by atoms with Gasteiger partial charge in [0, 0.05) is 12.6 Å². The third-order valence-electron chi connectivity index (χ3n) is 3.05. The van der Waals surface area contributed by atoms with Gasteiger partial charge in [0.15, 0.2) is 0 Å². The Morgan fingerprint density at radius 3 is 2.50 bits per heavy atom. The van der Waals surface area contributed by atoms with Crippen molar-refractivity contribution >= 4 is 11.9 Å². The first kappa shape index (κ1) is 15.6. The molecule has 0 unspecified atom stereocenters. The summed E-state index contributed by atoms with van der Waals surface area (Å²) in [6.07, 6.45) is 0. The Hall–Kier alpha value is -2.77. The lowest BCUT2D eigenvalue weighted by molar-refractivity contribution is -0.121. The number of nitrogens with zero attached hydrogens (tertiary/aromatic N) is 4. The monoisotopic (exact) mass is 302 g/mol. The fourth-order valence-electron chi connectivity index (χ4n) is 1.80. The Labute approximate surface area is 127 Å². The van der Waals surface area contributed by atoms with Gasteiger partial charge in [-0.3, -0.25) is 10.1 Å². The fraction of sp³-hybridized carbons (Fsp3) is 0.357. The van der Waals surface area contributed by atoms with E-state index >= 15 is 0 Å². The number of aromatic nitrogens is 4. The second kappa shape index (κ2) is 6.79. The van der Waals surface area contributed by atoms with Gasteiger partial charge in [0.1, 0.15) is 6.54 Å². The summed E-state index contributed by atoms with van der Waals surface area (Å²) in [7, 11) is 1.43. The average molecular weight is 302 g/mol. The molecular formula is C14H18N6O2. The molecule has 3 amide bonds. The van der Waals surface area contributed by atoms with Gasteiger partial charge in [0.25, 0.3) is 5.91 Å². The van der Waals surface area contributed by atoms with Gasteiger partial charge in [0.05, 0.1) is 0 Å². The predicted octanol–water partition coefficient (Wildman–Crippen LogP) is 0.919. The molecular weight excluding hydrogens is 284 g/mol. The number of imide groups is 1. The van der Waals surface area contributed by atoms with E-state index in [9.17, 15) is 9.59 Å². The second-order valence-corrected chi connectivity index (χ2v) is 5.05. The first-order valence-corrected chi connectivity index (χ1v) is 6.89. The molecule has 0 atom stereocenters. The minimum absolute atomic E-state index is 0.176. The van der Waals surface area contributed by atoms with E-state index in [0.717, 1.165) is 10.4 Å². The Morgan fingerprint density at radius 1 is 1.23 bits per heavy atom. The summed E-state index contributed by atoms with van der Waals surface area (Å²) >= 11 is 0. The fourth-order valence-corrected chi connectivity index (χ4v) is 1.80. The van der Waals surface area contributed by atoms with Gasteiger partial charge < -0.3 is 5.32 Å². The van der Waals surface area contributed by atoms with E-state index in [4.69, 9.17) is 0 Å². The molecule has 0 aliphatic heterocycles. The van der Waals surface area contributed by atoms with Crippen molar-refractivity contribution in [2.75, 3.05) is 7.05 Å². The van der Waals surface area contributed by atoms with E-state index < -0.39 is 11.9 Å². The molecule has 22 heavy (non-hydrogen) atoms. The molecule has 1 aromatic carbocycles. The van der Waals surface area contributed by atoms with Crippen LogP contribution in [0.3, 0.4) is 0 Å². The summed E-state index contributed by atoms with van der Waals surface area (Å²) in [5.74, 6) is 0.368. The van der Waals surface area contributed by atoms with Crippen LogP contribution in [-0.2, 0) is 11.3 Å². The van der Waals surface area contributed by atoms with E-state index in [1.165, 1.54) is 12.6 Å². The van der Waals surface area contributed by atoms with Gasteiger partial charge in [-0.25, -0.2) is 4.79 Å². The number of amides is 3. The molecule has 116 valence electrons. The quantitative estimate of drug-likeness (QED) is 0.874. The second-order valence-electron chi connectivity index (χ2n) is 5.05. The van der Waals surface area contributed by atoms with E-state index in [1.807, 2.05) is 24.3 Å². The van der Waals surface area contributed by atoms with Crippen LogP contribution >= 0.6 is 0 Å². The minimum Gasteiger partial charge on any atom is -0.341 e. The van der Waals surface area contributed by atoms with Crippen molar-refractivity contribution in [1.29, 1.82) is 0 Å². The Bertz CT molecular complexity index is 662. The number of hydrogen-bond donors (Lipinski definition) is 2. The predicted molar refractivity (Wildman–Crippen MR) is 79.9 cm³/mol. The van der Waals surface area contributed by atoms with Crippen molar-refractivity contribution in [3.05, 3.63) is 29.8 Å². The minimum atomic E-state index is -0.574. The van der Waals surface area contributed by atoms with E-state index in [1.54, 1.807) is 0 Å². The smallest absolute Gasteiger partial charge is 0.321 e. The standard InChI is InChI=1S/C14H18N6O2/c1-9(2)10-4-6-11(7-5-10)13-17-19-20(18-13)8-12(21)16-14(22)15-3/h4-7,9H,8H2,1-3H3,(H2,15,16,21,22). The molecule has 0 aliphatic rings. The summed E-state index contributed by atoms with van der Waals surface area (Å²) in [4.78, 5) is 23.7. The van der Waals surface area contributed by atoms with Crippen molar-refractivity contribution in [2.45, 2.75) is 26.3 Å². The maximum Gasteiger partial charge on any atom is 0.321 e. The van der Waals surface area contributed by atoms with Crippen LogP contribution in [0.1, 0.15) is 25.3 Å². The maximum atomic E-state index is 11.5. The molecule has 2 N–H and O–H groups in total. The highest BCUT2D eigenvalue weighted by Gasteiger charge is 2.11. The zero-order chi connectivity index (χ0) is 16.1. The number of tetrazole rings is 1. The highest BCUT2D eigenvalue weighted by atomic mass is 16.2. The number of nitrogens with one attached hydrogen (secondary N) is 2. The zero-order valence-electron chi connectivity index (χ0n) is 12.7. The lowest BCUT2D eigenvalue weighted by atomic mass is 10.0. The molecule has 0 saturated carbocycles. The summed E-state index contributed by atoms with van der Waals surface area (Å²) in [5, 5.41) is 16.3. The number of carbonyl (C=O) groups is 2. The molecule has 1 heterocycles. The third-order valence-corrected chi connectivity index (χ3v) is 3.05. The lowest BCUT2D eigenvalue weighted by Gasteiger charge is -2.04. The van der Waals surface area contributed by atoms with E-state index in [-0.39, 0.29) is 6.54 Å². The van der Waals surface area contributed by atoms with Crippen LogP contribution in [0, 0.1) is 0 Å². The molecule has 0 saturated heterocycles. The Morgan fingerprint density at radius 2 is 1.91 bits per heavy atom. The molecule has 0 fully saturated rings. The topological polar surface area (TPSA) is 102 Å². The molecule has 2 rings (SSSR count). The zero-order valence-corrected chi connectivity index (χ0v) is 12.7. The molecule has 0 aliphatic carbocycles. The normalized spacial score (nSPS) is 10.5. The van der Waals surface area contributed by atoms with Crippen molar-refractivity contribution < 1.29 is 9.59 Å². The van der Waals surface area contributed by atoms with Crippen LogP contribution in [-0.4, -0.2) is 39.2 Å². The van der Waals surface area contributed by atoms with Crippen LogP contribution in [0.15, 0.2) is 24.3 Å². The van der Waals surface area contributed by atoms with E-state index in [0.29, 0.717) is 11.7 Å². The SMILES string of the molecule is CNC(=O)NC(=O)Cn1nnc(-c2ccc(C(C)C)cc2)n1. The lowest BCUT2D eigenvalue weighted by Crippen LogP contribution is -2.39. The van der Waals surface area contributed by atoms with Crippen LogP contribution < -0.4 is 10.6 Å². The number of benzene rings is 1. The summed E-state index contributed by atoms with van der Waals surface area (Å²) in [6.45, 7) is 4.06. The maximum absolute atomic E-state index is 11.5. The molecule has 0 spiro atoms. The molecule has 0 bridgehead atoms. The number of urea groups is 1. The largest absolute Gasteiger partial charge is 0.341 e. The molecule has 8 nitrogen and oxygen atoms in total. The average Bonchev–Trinajstić information content (AvgIpc) is 2.95. The van der Waals surface area contributed by atoms with Crippen molar-refractivity contribution in [2.24, 2.45) is 0 Å². The molecule has 8 heteroatoms. The first-order valence-electron chi connectivity index (χ1n) is 6.89. The molecule has 0 radical (unpaired) electrons. The first-order chi connectivity index (χ1) is 10.5. The van der Waals surface area contributed by atoms with Crippen LogP contribution in [0.2, 0.25) is 0 Å². The van der Waals surface area contributed by atoms with Gasteiger partial charge in [-0.05, 0) is 16.7 Å². The Kier molecular flexibility index (Phi) is 4.82. The van der Waals surface area contributed by atoms with Crippen molar-refractivity contribution in [3.8, 4) is 11.4 Å². The molecule has 2 aromatic rings. The number of hydrogen-bond acceptors (Lipinski definition) is 5. The van der Waals surface area contributed by atoms with Gasteiger partial charge in [-0.2, -0.15) is 4.80 Å². The highest BCUT2D eigenvalue weighted by Crippen LogP contribution is 2.19. The van der Waals surface area contributed by atoms with Crippen molar-refractivity contribution in [3.63, 3.8) is 0 Å². The van der Waals surface area contributed by atoms with Crippen LogP contribution in [0.25, 0.3) is 11.4 Å². The number of rotatable bonds is 4. The summed E-state index contributed by atoms with van der Waals surface area (Å²) in [5.41, 5.74) is 2.04. The molecule has 1 aromatic heterocycles. The summed E-state index contributed by atoms with van der Waals surface area (Å²) < 4.78 is 0. The van der Waals surface area contributed by atoms with Crippen molar-refractivity contribution in [1.82, 2.24) is 30.8 Å². The van der Waals surface area contributed by atoms with Gasteiger partial charge in [0.2, 0.25) is 5.82 Å². The van der Waals surface area contributed by atoms with Gasteiger partial charge in [-0.15, -0.1) is 10.2 Å². The summed E-state index contributed by atoms with van der Waals surface area (Å²) in [6, 6.07) is 7.29. The van der Waals surface area contributed by atoms with Crippen LogP contribution in [0.5, 0.6) is 0 Å². The number of carbonyl (C=O) groups excluding carboxylic acids is 2. The van der Waals surface area contributed by atoms with Gasteiger partial charge >= 0.3 is 6.03 Å². The third kappa shape index (κ3) is 3.87. The van der Waals surface area contributed by atoms with E-state index in [2.05, 4.69) is 39.9 Å². The van der Waals surface area contributed by atoms with Crippen LogP contribution in [0.4, 0.5) is 4.79 Å². The van der Waals surface area contributed by atoms with Gasteiger partial charge in [-0.1, -0.05) is 38.1 Å². The highest BCUT2D eigenvalue weighted by molar-refractivity contribution is 5.93.